The molecule has 2 aromatic heterocycles. The second-order valence-corrected chi connectivity index (χ2v) is 5.15. The van der Waals surface area contributed by atoms with Gasteiger partial charge in [-0.15, -0.1) is 0 Å². The van der Waals surface area contributed by atoms with E-state index in [-0.39, 0.29) is 17.0 Å². The van der Waals surface area contributed by atoms with Crippen LogP contribution in [-0.4, -0.2) is 26.8 Å². The van der Waals surface area contributed by atoms with Gasteiger partial charge in [-0.2, -0.15) is 10.2 Å². The Hall–Kier alpha value is -3.82. The quantitative estimate of drug-likeness (QED) is 0.420. The number of aryl methyl sites for hydroxylation is 1. The Morgan fingerprint density at radius 3 is 2.73 bits per heavy atom. The molecule has 3 aromatic rings. The fourth-order valence-corrected chi connectivity index (χ4v) is 2.33. The van der Waals surface area contributed by atoms with Crippen molar-refractivity contribution in [2.45, 2.75) is 13.5 Å². The standard InChI is InChI=1S/C16H13N5O5/c1-2-20-16(23)12-6-4-3-5-11(12)14(19-20)15(22)18-17-9-10-7-8-13(26-10)21(24)25/h3-9H,2H2,1H3,(H,18,22)/b17-9-. The number of amides is 1. The van der Waals surface area contributed by atoms with Gasteiger partial charge in [-0.1, -0.05) is 18.2 Å². The highest BCUT2D eigenvalue weighted by molar-refractivity contribution is 6.04. The van der Waals surface area contributed by atoms with Crippen LogP contribution in [0.3, 0.4) is 0 Å². The zero-order chi connectivity index (χ0) is 18.7. The molecule has 0 fully saturated rings. The van der Waals surface area contributed by atoms with Crippen molar-refractivity contribution in [2.75, 3.05) is 0 Å². The summed E-state index contributed by atoms with van der Waals surface area (Å²) in [6.45, 7) is 2.05. The third-order valence-corrected chi connectivity index (χ3v) is 3.53. The molecule has 10 heteroatoms. The molecule has 0 aliphatic rings. The maximum atomic E-state index is 12.4. The van der Waals surface area contributed by atoms with Crippen LogP contribution in [0.15, 0.2) is 50.7 Å². The molecular formula is C16H13N5O5. The summed E-state index contributed by atoms with van der Waals surface area (Å²) in [6.07, 6.45) is 1.13. The maximum absolute atomic E-state index is 12.4. The lowest BCUT2D eigenvalue weighted by atomic mass is 10.1. The van der Waals surface area contributed by atoms with E-state index in [9.17, 15) is 19.7 Å². The molecule has 132 valence electrons. The van der Waals surface area contributed by atoms with Crippen molar-refractivity contribution in [3.8, 4) is 0 Å². The van der Waals surface area contributed by atoms with Gasteiger partial charge >= 0.3 is 5.88 Å². The van der Waals surface area contributed by atoms with Gasteiger partial charge in [0.25, 0.3) is 11.5 Å². The summed E-state index contributed by atoms with van der Waals surface area (Å²) in [5.74, 6) is -0.950. The summed E-state index contributed by atoms with van der Waals surface area (Å²) in [5.41, 5.74) is 2.03. The van der Waals surface area contributed by atoms with Gasteiger partial charge in [0.1, 0.15) is 4.92 Å². The fraction of sp³-hybridized carbons (Fsp3) is 0.125. The zero-order valence-corrected chi connectivity index (χ0v) is 13.6. The number of carbonyl (C=O) groups excluding carboxylic acids is 1. The average Bonchev–Trinajstić information content (AvgIpc) is 3.11. The first kappa shape index (κ1) is 17.0. The number of carbonyl (C=O) groups is 1. The van der Waals surface area contributed by atoms with Gasteiger partial charge in [0.15, 0.2) is 11.5 Å². The summed E-state index contributed by atoms with van der Waals surface area (Å²) >= 11 is 0. The van der Waals surface area contributed by atoms with Gasteiger partial charge < -0.3 is 4.42 Å². The van der Waals surface area contributed by atoms with Crippen molar-refractivity contribution < 1.29 is 14.1 Å². The molecule has 10 nitrogen and oxygen atoms in total. The molecule has 3 rings (SSSR count). The lowest BCUT2D eigenvalue weighted by molar-refractivity contribution is -0.402. The molecule has 2 heterocycles. The molecule has 1 N–H and O–H groups in total. The number of hydrogen-bond donors (Lipinski definition) is 1. The molecule has 0 bridgehead atoms. The Labute approximate surface area is 145 Å². The van der Waals surface area contributed by atoms with E-state index in [4.69, 9.17) is 4.42 Å². The van der Waals surface area contributed by atoms with E-state index in [1.165, 1.54) is 16.8 Å². The molecule has 26 heavy (non-hydrogen) atoms. The molecular weight excluding hydrogens is 342 g/mol. The number of benzene rings is 1. The number of hydrazone groups is 1. The maximum Gasteiger partial charge on any atom is 0.433 e. The minimum Gasteiger partial charge on any atom is -0.400 e. The second-order valence-electron chi connectivity index (χ2n) is 5.15. The van der Waals surface area contributed by atoms with E-state index in [2.05, 4.69) is 15.6 Å². The molecule has 0 spiro atoms. The van der Waals surface area contributed by atoms with Crippen LogP contribution < -0.4 is 11.0 Å². The van der Waals surface area contributed by atoms with Gasteiger partial charge in [0, 0.05) is 11.9 Å². The average molecular weight is 355 g/mol. The minimum absolute atomic E-state index is 0.0459. The predicted octanol–water partition coefficient (Wildman–Crippen LogP) is 1.68. The lowest BCUT2D eigenvalue weighted by Gasteiger charge is -2.08. The van der Waals surface area contributed by atoms with E-state index in [1.807, 2.05) is 0 Å². The van der Waals surface area contributed by atoms with E-state index in [0.717, 1.165) is 6.21 Å². The molecule has 0 saturated heterocycles. The molecule has 0 saturated carbocycles. The van der Waals surface area contributed by atoms with Crippen molar-refractivity contribution in [2.24, 2.45) is 5.10 Å². The fourth-order valence-electron chi connectivity index (χ4n) is 2.33. The van der Waals surface area contributed by atoms with Crippen LogP contribution in [0.1, 0.15) is 23.2 Å². The minimum atomic E-state index is -0.681. The first-order valence-corrected chi connectivity index (χ1v) is 7.58. The van der Waals surface area contributed by atoms with Crippen LogP contribution in [0, 0.1) is 10.1 Å². The van der Waals surface area contributed by atoms with Gasteiger partial charge in [0.2, 0.25) is 0 Å². The number of fused-ring (bicyclic) bond motifs is 1. The largest absolute Gasteiger partial charge is 0.433 e. The Bertz CT molecular complexity index is 1080. The highest BCUT2D eigenvalue weighted by Crippen LogP contribution is 2.14. The summed E-state index contributed by atoms with van der Waals surface area (Å²) in [6, 6.07) is 9.16. The highest BCUT2D eigenvalue weighted by Gasteiger charge is 2.16. The first-order valence-electron chi connectivity index (χ1n) is 7.58. The van der Waals surface area contributed by atoms with Gasteiger partial charge in [-0.25, -0.2) is 10.1 Å². The number of furan rings is 1. The topological polar surface area (TPSA) is 133 Å². The molecule has 0 radical (unpaired) electrons. The van der Waals surface area contributed by atoms with Crippen molar-refractivity contribution in [3.63, 3.8) is 0 Å². The van der Waals surface area contributed by atoms with Crippen molar-refractivity contribution in [1.82, 2.24) is 15.2 Å². The molecule has 0 aliphatic heterocycles. The van der Waals surface area contributed by atoms with E-state index < -0.39 is 16.7 Å². The third kappa shape index (κ3) is 3.20. The van der Waals surface area contributed by atoms with Crippen molar-refractivity contribution in [3.05, 3.63) is 68.3 Å². The van der Waals surface area contributed by atoms with Crippen LogP contribution >= 0.6 is 0 Å². The SMILES string of the molecule is CCn1nc(C(=O)N/N=C\c2ccc([N+](=O)[O-])o2)c2ccccc2c1=O. The number of hydrogen-bond acceptors (Lipinski definition) is 7. The molecule has 0 atom stereocenters. The monoisotopic (exact) mass is 355 g/mol. The third-order valence-electron chi connectivity index (χ3n) is 3.53. The second kappa shape index (κ2) is 6.97. The Morgan fingerprint density at radius 1 is 1.35 bits per heavy atom. The van der Waals surface area contributed by atoms with Crippen LogP contribution in [-0.2, 0) is 6.54 Å². The highest BCUT2D eigenvalue weighted by atomic mass is 16.6. The van der Waals surface area contributed by atoms with Crippen molar-refractivity contribution >= 4 is 28.8 Å². The summed E-state index contributed by atoms with van der Waals surface area (Å²) < 4.78 is 6.09. The predicted molar refractivity (Wildman–Crippen MR) is 92.1 cm³/mol. The molecule has 0 aliphatic carbocycles. The summed E-state index contributed by atoms with van der Waals surface area (Å²) in [4.78, 5) is 34.5. The number of rotatable bonds is 5. The zero-order valence-electron chi connectivity index (χ0n) is 13.6. The first-order chi connectivity index (χ1) is 12.5. The van der Waals surface area contributed by atoms with Crippen LogP contribution in [0.25, 0.3) is 10.8 Å². The molecule has 0 unspecified atom stereocenters. The van der Waals surface area contributed by atoms with Crippen LogP contribution in [0.5, 0.6) is 0 Å². The summed E-state index contributed by atoms with van der Waals surface area (Å²) in [5, 5.41) is 19.1. The lowest BCUT2D eigenvalue weighted by Crippen LogP contribution is -2.28. The number of aromatic nitrogens is 2. The Kier molecular flexibility index (Phi) is 4.56. The van der Waals surface area contributed by atoms with Crippen LogP contribution in [0.4, 0.5) is 5.88 Å². The normalized spacial score (nSPS) is 11.1. The Balaban J connectivity index is 1.88. The smallest absolute Gasteiger partial charge is 0.400 e. The number of nitrogens with one attached hydrogen (secondary N) is 1. The van der Waals surface area contributed by atoms with E-state index in [0.29, 0.717) is 17.3 Å². The number of nitro groups is 1. The Morgan fingerprint density at radius 2 is 2.08 bits per heavy atom. The van der Waals surface area contributed by atoms with Gasteiger partial charge in [0.05, 0.1) is 17.7 Å². The summed E-state index contributed by atoms with van der Waals surface area (Å²) in [7, 11) is 0. The van der Waals surface area contributed by atoms with E-state index >= 15 is 0 Å². The van der Waals surface area contributed by atoms with Gasteiger partial charge in [-0.3, -0.25) is 19.7 Å². The van der Waals surface area contributed by atoms with E-state index in [1.54, 1.807) is 31.2 Å². The van der Waals surface area contributed by atoms with Crippen molar-refractivity contribution in [1.29, 1.82) is 0 Å². The molecule has 1 amide bonds. The van der Waals surface area contributed by atoms with Gasteiger partial charge in [-0.05, 0) is 19.1 Å². The number of nitrogens with zero attached hydrogens (tertiary/aromatic N) is 4. The van der Waals surface area contributed by atoms with Crippen LogP contribution in [0.2, 0.25) is 0 Å². The molecule has 1 aromatic carbocycles.